The molecule has 1 aromatic rings. The molecule has 4 heteroatoms. The summed E-state index contributed by atoms with van der Waals surface area (Å²) in [5, 5.41) is 2.70. The lowest BCUT2D eigenvalue weighted by Gasteiger charge is -1.93. The summed E-state index contributed by atoms with van der Waals surface area (Å²) in [5.41, 5.74) is -0.144. The van der Waals surface area contributed by atoms with Crippen molar-refractivity contribution in [2.24, 2.45) is 0 Å². The first-order valence-electron chi connectivity index (χ1n) is 2.56. The van der Waals surface area contributed by atoms with Crippen LogP contribution in [0.2, 0.25) is 0 Å². The van der Waals surface area contributed by atoms with E-state index in [1.807, 2.05) is 0 Å². The molecule has 0 aliphatic heterocycles. The second kappa shape index (κ2) is 3.66. The summed E-state index contributed by atoms with van der Waals surface area (Å²) < 4.78 is 0. The molecular weight excluding hydrogens is 130 g/mol. The topological polar surface area (TPSA) is 57.8 Å². The van der Waals surface area contributed by atoms with Crippen molar-refractivity contribution < 1.29 is 0 Å². The fourth-order valence-electron chi connectivity index (χ4n) is 0.497. The average Bonchev–Trinajstić information content (AvgIpc) is 1.88. The molecule has 1 heterocycles. The summed E-state index contributed by atoms with van der Waals surface area (Å²) in [6, 6.07) is 1.36. The number of rotatable bonds is 1. The van der Waals surface area contributed by atoms with E-state index in [1.165, 1.54) is 12.3 Å². The molecule has 4 nitrogen and oxygen atoms in total. The van der Waals surface area contributed by atoms with Crippen molar-refractivity contribution in [3.63, 3.8) is 0 Å². The molecule has 56 valence electrons. The lowest BCUT2D eigenvalue weighted by molar-refractivity contribution is 1.11. The fraction of sp³-hybridized carbons (Fsp3) is 0.333. The normalized spacial score (nSPS) is 8.10. The molecule has 1 aromatic heterocycles. The van der Waals surface area contributed by atoms with Crippen LogP contribution in [0.4, 0.5) is 5.95 Å². The SMILES string of the molecule is C.CNc1nccc(=O)[nH]1. The molecule has 0 unspecified atom stereocenters. The highest BCUT2D eigenvalue weighted by Crippen LogP contribution is 1.84. The molecule has 0 aromatic carbocycles. The van der Waals surface area contributed by atoms with Crippen molar-refractivity contribution in [3.05, 3.63) is 22.6 Å². The van der Waals surface area contributed by atoms with Crippen molar-refractivity contribution in [2.45, 2.75) is 7.43 Å². The van der Waals surface area contributed by atoms with Crippen LogP contribution in [0.15, 0.2) is 17.1 Å². The highest BCUT2D eigenvalue weighted by atomic mass is 16.1. The van der Waals surface area contributed by atoms with E-state index in [1.54, 1.807) is 7.05 Å². The number of H-pyrrole nitrogens is 1. The first-order valence-corrected chi connectivity index (χ1v) is 2.56. The van der Waals surface area contributed by atoms with Gasteiger partial charge in [-0.3, -0.25) is 9.78 Å². The number of aromatic amines is 1. The van der Waals surface area contributed by atoms with Crippen LogP contribution < -0.4 is 10.9 Å². The molecule has 0 spiro atoms. The third-order valence-electron chi connectivity index (χ3n) is 0.908. The molecular formula is C6H11N3O. The molecule has 0 fully saturated rings. The van der Waals surface area contributed by atoms with Gasteiger partial charge in [-0.1, -0.05) is 7.43 Å². The van der Waals surface area contributed by atoms with Crippen LogP contribution in [-0.4, -0.2) is 17.0 Å². The molecule has 0 aliphatic rings. The Kier molecular flexibility index (Phi) is 3.17. The van der Waals surface area contributed by atoms with Gasteiger partial charge in [-0.2, -0.15) is 0 Å². The fourth-order valence-corrected chi connectivity index (χ4v) is 0.497. The molecule has 10 heavy (non-hydrogen) atoms. The summed E-state index contributed by atoms with van der Waals surface area (Å²) in [5.74, 6) is 0.488. The van der Waals surface area contributed by atoms with E-state index in [4.69, 9.17) is 0 Å². The van der Waals surface area contributed by atoms with Crippen molar-refractivity contribution in [3.8, 4) is 0 Å². The van der Waals surface area contributed by atoms with E-state index in [-0.39, 0.29) is 13.0 Å². The van der Waals surface area contributed by atoms with Gasteiger partial charge in [0.15, 0.2) is 0 Å². The smallest absolute Gasteiger partial charge is 0.252 e. The van der Waals surface area contributed by atoms with Crippen LogP contribution in [0, 0.1) is 0 Å². The molecule has 0 radical (unpaired) electrons. The summed E-state index contributed by atoms with van der Waals surface area (Å²) >= 11 is 0. The Labute approximate surface area is 59.3 Å². The van der Waals surface area contributed by atoms with Crippen LogP contribution in [0.3, 0.4) is 0 Å². The molecule has 0 bridgehead atoms. The maximum absolute atomic E-state index is 10.5. The largest absolute Gasteiger partial charge is 0.359 e. The second-order valence-corrected chi connectivity index (χ2v) is 1.53. The van der Waals surface area contributed by atoms with Gasteiger partial charge in [-0.05, 0) is 0 Å². The van der Waals surface area contributed by atoms with E-state index >= 15 is 0 Å². The van der Waals surface area contributed by atoms with E-state index < -0.39 is 0 Å². The summed E-state index contributed by atoms with van der Waals surface area (Å²) in [7, 11) is 1.69. The first-order chi connectivity index (χ1) is 4.33. The quantitative estimate of drug-likeness (QED) is 0.597. The summed E-state index contributed by atoms with van der Waals surface area (Å²) in [6.07, 6.45) is 1.45. The highest BCUT2D eigenvalue weighted by Gasteiger charge is 1.85. The Bertz CT molecular complexity index is 243. The number of anilines is 1. The van der Waals surface area contributed by atoms with E-state index in [0.717, 1.165) is 0 Å². The van der Waals surface area contributed by atoms with Crippen LogP contribution in [-0.2, 0) is 0 Å². The highest BCUT2D eigenvalue weighted by molar-refractivity contribution is 5.19. The van der Waals surface area contributed by atoms with E-state index in [0.29, 0.717) is 5.95 Å². The number of aromatic nitrogens is 2. The predicted octanol–water partition coefficient (Wildman–Crippen LogP) is 0.448. The number of hydrogen-bond donors (Lipinski definition) is 2. The minimum atomic E-state index is -0.144. The molecule has 2 N–H and O–H groups in total. The van der Waals surface area contributed by atoms with Gasteiger partial charge in [-0.25, -0.2) is 4.98 Å². The average molecular weight is 141 g/mol. The second-order valence-electron chi connectivity index (χ2n) is 1.53. The third-order valence-corrected chi connectivity index (χ3v) is 0.908. The van der Waals surface area contributed by atoms with E-state index in [2.05, 4.69) is 15.3 Å². The maximum Gasteiger partial charge on any atom is 0.252 e. The van der Waals surface area contributed by atoms with Gasteiger partial charge in [0, 0.05) is 19.3 Å². The standard InChI is InChI=1S/C5H7N3O.CH4/c1-6-5-7-3-2-4(9)8-5;/h2-3H,1H3,(H2,6,7,8,9);1H4. The van der Waals surface area contributed by atoms with Gasteiger partial charge in [0.05, 0.1) is 0 Å². The minimum absolute atomic E-state index is 0. The monoisotopic (exact) mass is 141 g/mol. The summed E-state index contributed by atoms with van der Waals surface area (Å²) in [4.78, 5) is 16.8. The van der Waals surface area contributed by atoms with Crippen LogP contribution in [0.5, 0.6) is 0 Å². The zero-order valence-electron chi connectivity index (χ0n) is 5.01. The van der Waals surface area contributed by atoms with Crippen LogP contribution >= 0.6 is 0 Å². The van der Waals surface area contributed by atoms with Gasteiger partial charge in [0.1, 0.15) is 0 Å². The van der Waals surface area contributed by atoms with Gasteiger partial charge < -0.3 is 5.32 Å². The Morgan fingerprint density at radius 1 is 1.70 bits per heavy atom. The molecule has 1 rings (SSSR count). The van der Waals surface area contributed by atoms with Crippen LogP contribution in [0.25, 0.3) is 0 Å². The molecule has 0 saturated heterocycles. The predicted molar refractivity (Wildman–Crippen MR) is 41.1 cm³/mol. The number of hydrogen-bond acceptors (Lipinski definition) is 3. The van der Waals surface area contributed by atoms with Crippen molar-refractivity contribution in [1.82, 2.24) is 9.97 Å². The van der Waals surface area contributed by atoms with Crippen molar-refractivity contribution in [2.75, 3.05) is 12.4 Å². The Morgan fingerprint density at radius 3 is 2.80 bits per heavy atom. The first kappa shape index (κ1) is 8.68. The van der Waals surface area contributed by atoms with Gasteiger partial charge in [0.2, 0.25) is 5.95 Å². The minimum Gasteiger partial charge on any atom is -0.359 e. The van der Waals surface area contributed by atoms with Crippen molar-refractivity contribution in [1.29, 1.82) is 0 Å². The summed E-state index contributed by atoms with van der Waals surface area (Å²) in [6.45, 7) is 0. The van der Waals surface area contributed by atoms with Crippen LogP contribution in [0.1, 0.15) is 7.43 Å². The zero-order valence-corrected chi connectivity index (χ0v) is 5.01. The molecule has 0 atom stereocenters. The zero-order chi connectivity index (χ0) is 6.69. The molecule has 0 aliphatic carbocycles. The van der Waals surface area contributed by atoms with Gasteiger partial charge in [-0.15, -0.1) is 0 Å². The maximum atomic E-state index is 10.5. The lowest BCUT2D eigenvalue weighted by Crippen LogP contribution is -2.07. The lowest BCUT2D eigenvalue weighted by atomic mass is 10.7. The molecule has 0 saturated carbocycles. The number of nitrogens with zero attached hydrogens (tertiary/aromatic N) is 1. The van der Waals surface area contributed by atoms with E-state index in [9.17, 15) is 4.79 Å². The van der Waals surface area contributed by atoms with Gasteiger partial charge >= 0.3 is 0 Å². The Morgan fingerprint density at radius 2 is 2.40 bits per heavy atom. The third kappa shape index (κ3) is 1.89. The van der Waals surface area contributed by atoms with Gasteiger partial charge in [0.25, 0.3) is 5.56 Å². The van der Waals surface area contributed by atoms with Crippen molar-refractivity contribution >= 4 is 5.95 Å². The molecule has 0 amide bonds. The Balaban J connectivity index is 0.000000810. The Hall–Kier alpha value is -1.32. The number of nitrogens with one attached hydrogen (secondary N) is 2.